The monoisotopic (exact) mass is 366 g/mol. The number of rotatable bonds is 9. The first kappa shape index (κ1) is 18.8. The van der Waals surface area contributed by atoms with Crippen LogP contribution in [-0.4, -0.2) is 59.5 Å². The number of nitrogens with zero attached hydrogens (tertiary/aromatic N) is 3. The smallest absolute Gasteiger partial charge is 0.271 e. The molecule has 142 valence electrons. The molecule has 3 N–H and O–H groups in total. The lowest BCUT2D eigenvalue weighted by atomic mass is 10.1. The van der Waals surface area contributed by atoms with Crippen molar-refractivity contribution < 1.29 is 4.79 Å². The van der Waals surface area contributed by atoms with Gasteiger partial charge in [-0.2, -0.15) is 0 Å². The number of carbonyl (C=O) groups excluding carboxylic acids is 1. The van der Waals surface area contributed by atoms with E-state index in [0.717, 1.165) is 31.4 Å². The van der Waals surface area contributed by atoms with Crippen molar-refractivity contribution in [1.82, 2.24) is 25.2 Å². The van der Waals surface area contributed by atoms with E-state index in [1.807, 2.05) is 32.4 Å². The molecular formula is C20H26N6O. The van der Waals surface area contributed by atoms with Crippen LogP contribution in [0.15, 0.2) is 42.9 Å². The molecule has 3 rings (SSSR count). The van der Waals surface area contributed by atoms with E-state index in [9.17, 15) is 4.79 Å². The highest BCUT2D eigenvalue weighted by atomic mass is 16.1. The SMILES string of the molecule is CN(C)CCCNC(=O)c1cnc(NCCc2c[nH]c3ccccc23)cn1. The van der Waals surface area contributed by atoms with Gasteiger partial charge in [0.1, 0.15) is 11.5 Å². The number of anilines is 1. The molecule has 0 saturated heterocycles. The Morgan fingerprint density at radius 3 is 2.78 bits per heavy atom. The average Bonchev–Trinajstić information content (AvgIpc) is 3.09. The van der Waals surface area contributed by atoms with Crippen LogP contribution in [0.25, 0.3) is 10.9 Å². The minimum Gasteiger partial charge on any atom is -0.368 e. The summed E-state index contributed by atoms with van der Waals surface area (Å²) in [5.74, 6) is 0.477. The third-order valence-electron chi connectivity index (χ3n) is 4.33. The maximum Gasteiger partial charge on any atom is 0.271 e. The number of nitrogens with one attached hydrogen (secondary N) is 3. The summed E-state index contributed by atoms with van der Waals surface area (Å²) in [7, 11) is 4.02. The third-order valence-corrected chi connectivity index (χ3v) is 4.33. The van der Waals surface area contributed by atoms with Crippen LogP contribution in [0.3, 0.4) is 0 Å². The van der Waals surface area contributed by atoms with Crippen LogP contribution in [0.4, 0.5) is 5.82 Å². The van der Waals surface area contributed by atoms with Crippen LogP contribution in [-0.2, 0) is 6.42 Å². The highest BCUT2D eigenvalue weighted by molar-refractivity contribution is 5.92. The van der Waals surface area contributed by atoms with Gasteiger partial charge in [-0.05, 0) is 45.1 Å². The van der Waals surface area contributed by atoms with Crippen molar-refractivity contribution in [3.05, 3.63) is 54.1 Å². The molecule has 7 heteroatoms. The number of aromatic amines is 1. The molecule has 0 aliphatic rings. The number of fused-ring (bicyclic) bond motifs is 1. The second kappa shape index (κ2) is 9.14. The van der Waals surface area contributed by atoms with E-state index in [1.165, 1.54) is 17.1 Å². The first-order valence-corrected chi connectivity index (χ1v) is 9.17. The van der Waals surface area contributed by atoms with E-state index in [4.69, 9.17) is 0 Å². The predicted molar refractivity (Wildman–Crippen MR) is 108 cm³/mol. The lowest BCUT2D eigenvalue weighted by molar-refractivity contribution is 0.0947. The second-order valence-corrected chi connectivity index (χ2v) is 6.74. The van der Waals surface area contributed by atoms with Gasteiger partial charge in [0, 0.05) is 30.2 Å². The maximum atomic E-state index is 12.0. The molecule has 0 fully saturated rings. The van der Waals surface area contributed by atoms with Gasteiger partial charge in [0.15, 0.2) is 0 Å². The zero-order valence-electron chi connectivity index (χ0n) is 15.8. The topological polar surface area (TPSA) is 85.9 Å². The lowest BCUT2D eigenvalue weighted by Gasteiger charge is -2.10. The maximum absolute atomic E-state index is 12.0. The summed E-state index contributed by atoms with van der Waals surface area (Å²) in [5.41, 5.74) is 2.75. The number of hydrogen-bond donors (Lipinski definition) is 3. The Labute approximate surface area is 159 Å². The normalized spacial score (nSPS) is 11.1. The largest absolute Gasteiger partial charge is 0.368 e. The van der Waals surface area contributed by atoms with Crippen molar-refractivity contribution in [2.75, 3.05) is 39.0 Å². The van der Waals surface area contributed by atoms with Gasteiger partial charge in [-0.15, -0.1) is 0 Å². The van der Waals surface area contributed by atoms with Crippen LogP contribution in [0.5, 0.6) is 0 Å². The molecule has 0 aliphatic heterocycles. The van der Waals surface area contributed by atoms with E-state index in [1.54, 1.807) is 6.20 Å². The fourth-order valence-corrected chi connectivity index (χ4v) is 2.89. The molecule has 1 aromatic carbocycles. The summed E-state index contributed by atoms with van der Waals surface area (Å²) in [6, 6.07) is 8.26. The second-order valence-electron chi connectivity index (χ2n) is 6.74. The van der Waals surface area contributed by atoms with Crippen molar-refractivity contribution >= 4 is 22.6 Å². The van der Waals surface area contributed by atoms with Crippen LogP contribution in [0.2, 0.25) is 0 Å². The van der Waals surface area contributed by atoms with Crippen LogP contribution in [0.1, 0.15) is 22.5 Å². The lowest BCUT2D eigenvalue weighted by Crippen LogP contribution is -2.27. The van der Waals surface area contributed by atoms with Crippen LogP contribution in [0, 0.1) is 0 Å². The third kappa shape index (κ3) is 5.27. The summed E-state index contributed by atoms with van der Waals surface area (Å²) in [6.07, 6.45) is 6.93. The average molecular weight is 366 g/mol. The standard InChI is InChI=1S/C20H26N6O/c1-26(2)11-5-9-22-20(27)18-13-25-19(14-24-18)21-10-8-15-12-23-17-7-4-3-6-16(15)17/h3-4,6-7,12-14,23H,5,8-11H2,1-2H3,(H,21,25)(H,22,27). The van der Waals surface area contributed by atoms with Crippen molar-refractivity contribution in [1.29, 1.82) is 0 Å². The number of hydrogen-bond acceptors (Lipinski definition) is 5. The van der Waals surface area contributed by atoms with Crippen molar-refractivity contribution in [2.45, 2.75) is 12.8 Å². The van der Waals surface area contributed by atoms with Crippen LogP contribution >= 0.6 is 0 Å². The molecule has 0 bridgehead atoms. The number of carbonyl (C=O) groups is 1. The van der Waals surface area contributed by atoms with E-state index in [0.29, 0.717) is 18.1 Å². The Bertz CT molecular complexity index is 872. The van der Waals surface area contributed by atoms with Gasteiger partial charge < -0.3 is 20.5 Å². The molecule has 2 aromatic heterocycles. The first-order chi connectivity index (χ1) is 13.1. The minimum absolute atomic E-state index is 0.188. The molecule has 3 aromatic rings. The Balaban J connectivity index is 1.45. The predicted octanol–water partition coefficient (Wildman–Crippen LogP) is 2.29. The van der Waals surface area contributed by atoms with E-state index >= 15 is 0 Å². The molecule has 0 unspecified atom stereocenters. The molecule has 0 saturated carbocycles. The summed E-state index contributed by atoms with van der Waals surface area (Å²) in [6.45, 7) is 2.31. The molecule has 0 aliphatic carbocycles. The van der Waals surface area contributed by atoms with Gasteiger partial charge in [0.2, 0.25) is 0 Å². The first-order valence-electron chi connectivity index (χ1n) is 9.17. The molecule has 27 heavy (non-hydrogen) atoms. The molecule has 1 amide bonds. The fourth-order valence-electron chi connectivity index (χ4n) is 2.89. The number of aromatic nitrogens is 3. The number of H-pyrrole nitrogens is 1. The van der Waals surface area contributed by atoms with E-state index in [2.05, 4.69) is 42.6 Å². The summed E-state index contributed by atoms with van der Waals surface area (Å²) in [5, 5.41) is 7.36. The molecule has 7 nitrogen and oxygen atoms in total. The Morgan fingerprint density at radius 1 is 1.15 bits per heavy atom. The highest BCUT2D eigenvalue weighted by Gasteiger charge is 2.08. The van der Waals surface area contributed by atoms with Crippen LogP contribution < -0.4 is 10.6 Å². The molecule has 0 atom stereocenters. The minimum atomic E-state index is -0.188. The number of amides is 1. The zero-order valence-corrected chi connectivity index (χ0v) is 15.8. The molecule has 2 heterocycles. The Morgan fingerprint density at radius 2 is 2.00 bits per heavy atom. The van der Waals surface area contributed by atoms with E-state index < -0.39 is 0 Å². The van der Waals surface area contributed by atoms with Crippen molar-refractivity contribution in [3.63, 3.8) is 0 Å². The fraction of sp³-hybridized carbons (Fsp3) is 0.350. The molecule has 0 spiro atoms. The van der Waals surface area contributed by atoms with Gasteiger partial charge in [0.25, 0.3) is 5.91 Å². The quantitative estimate of drug-likeness (QED) is 0.506. The van der Waals surface area contributed by atoms with Gasteiger partial charge >= 0.3 is 0 Å². The van der Waals surface area contributed by atoms with E-state index in [-0.39, 0.29) is 5.91 Å². The number of para-hydroxylation sites is 1. The molecular weight excluding hydrogens is 340 g/mol. The summed E-state index contributed by atoms with van der Waals surface area (Å²) < 4.78 is 0. The summed E-state index contributed by atoms with van der Waals surface area (Å²) >= 11 is 0. The van der Waals surface area contributed by atoms with Crippen molar-refractivity contribution in [3.8, 4) is 0 Å². The summed E-state index contributed by atoms with van der Waals surface area (Å²) in [4.78, 5) is 25.9. The Hall–Kier alpha value is -2.93. The van der Waals surface area contributed by atoms with Gasteiger partial charge in [-0.3, -0.25) is 4.79 Å². The highest BCUT2D eigenvalue weighted by Crippen LogP contribution is 2.18. The zero-order chi connectivity index (χ0) is 19.1. The Kier molecular flexibility index (Phi) is 6.38. The molecule has 0 radical (unpaired) electrons. The van der Waals surface area contributed by atoms with Gasteiger partial charge in [0.05, 0.1) is 12.4 Å². The van der Waals surface area contributed by atoms with Gasteiger partial charge in [-0.25, -0.2) is 9.97 Å². The number of benzene rings is 1. The van der Waals surface area contributed by atoms with Gasteiger partial charge in [-0.1, -0.05) is 18.2 Å². The van der Waals surface area contributed by atoms with Crippen molar-refractivity contribution in [2.24, 2.45) is 0 Å².